The van der Waals surface area contributed by atoms with Gasteiger partial charge in [-0.2, -0.15) is 0 Å². The van der Waals surface area contributed by atoms with Crippen LogP contribution in [0.25, 0.3) is 0 Å². The number of nitrogens with one attached hydrogen (secondary N) is 1. The maximum absolute atomic E-state index is 11.9. The molecule has 0 spiro atoms. The average molecular weight is 272 g/mol. The second-order valence-corrected chi connectivity index (χ2v) is 6.36. The van der Waals surface area contributed by atoms with Crippen LogP contribution in [0.5, 0.6) is 0 Å². The first-order chi connectivity index (χ1) is 9.72. The van der Waals surface area contributed by atoms with E-state index < -0.39 is 0 Å². The Balaban J connectivity index is 1.42. The number of likely N-dealkylation sites (tertiary alicyclic amines) is 1. The number of carbonyl (C=O) groups excluding carboxylic acids is 1. The van der Waals surface area contributed by atoms with Crippen molar-refractivity contribution in [3.63, 3.8) is 0 Å². The number of benzene rings is 1. The van der Waals surface area contributed by atoms with Crippen molar-refractivity contribution >= 4 is 5.91 Å². The van der Waals surface area contributed by atoms with Crippen LogP contribution in [0.15, 0.2) is 30.3 Å². The van der Waals surface area contributed by atoms with Crippen LogP contribution in [-0.2, 0) is 11.3 Å². The Labute approximate surface area is 121 Å². The second-order valence-electron chi connectivity index (χ2n) is 6.36. The number of hydrogen-bond donors (Lipinski definition) is 1. The summed E-state index contributed by atoms with van der Waals surface area (Å²) in [6.45, 7) is 5.36. The number of carbonyl (C=O) groups is 1. The minimum atomic E-state index is 0.291. The number of amides is 1. The monoisotopic (exact) mass is 272 g/mol. The van der Waals surface area contributed by atoms with Crippen molar-refractivity contribution in [1.29, 1.82) is 0 Å². The number of nitrogens with zero attached hydrogens (tertiary/aromatic N) is 1. The van der Waals surface area contributed by atoms with Gasteiger partial charge in [0.05, 0.1) is 0 Å². The summed E-state index contributed by atoms with van der Waals surface area (Å²) in [6.07, 6.45) is 3.25. The van der Waals surface area contributed by atoms with Gasteiger partial charge in [0.25, 0.3) is 0 Å². The van der Waals surface area contributed by atoms with Crippen LogP contribution in [0.2, 0.25) is 0 Å². The van der Waals surface area contributed by atoms with E-state index in [0.29, 0.717) is 23.8 Å². The van der Waals surface area contributed by atoms with E-state index in [0.717, 1.165) is 38.9 Å². The number of piperidine rings is 1. The molecule has 1 aliphatic carbocycles. The van der Waals surface area contributed by atoms with Crippen LogP contribution in [0.1, 0.15) is 31.7 Å². The molecule has 1 aromatic rings. The molecule has 1 saturated heterocycles. The summed E-state index contributed by atoms with van der Waals surface area (Å²) in [5.74, 6) is 1.20. The van der Waals surface area contributed by atoms with Crippen molar-refractivity contribution in [3.8, 4) is 0 Å². The van der Waals surface area contributed by atoms with E-state index in [1.807, 2.05) is 0 Å². The zero-order valence-electron chi connectivity index (χ0n) is 12.2. The summed E-state index contributed by atoms with van der Waals surface area (Å²) in [5, 5.41) is 3.23. The first kappa shape index (κ1) is 13.6. The van der Waals surface area contributed by atoms with Crippen LogP contribution in [0.4, 0.5) is 0 Å². The lowest BCUT2D eigenvalue weighted by Gasteiger charge is -2.32. The van der Waals surface area contributed by atoms with Gasteiger partial charge in [0.2, 0.25) is 5.91 Å². The van der Waals surface area contributed by atoms with E-state index in [2.05, 4.69) is 47.5 Å². The van der Waals surface area contributed by atoms with Crippen molar-refractivity contribution in [1.82, 2.24) is 10.2 Å². The van der Waals surface area contributed by atoms with Crippen molar-refractivity contribution in [2.24, 2.45) is 11.8 Å². The first-order valence-corrected chi connectivity index (χ1v) is 7.79. The van der Waals surface area contributed by atoms with E-state index in [-0.39, 0.29) is 0 Å². The molecule has 3 nitrogen and oxygen atoms in total. The van der Waals surface area contributed by atoms with Crippen LogP contribution in [-0.4, -0.2) is 29.9 Å². The van der Waals surface area contributed by atoms with Crippen molar-refractivity contribution in [2.45, 2.75) is 38.8 Å². The highest BCUT2D eigenvalue weighted by molar-refractivity contribution is 5.81. The van der Waals surface area contributed by atoms with Gasteiger partial charge in [-0.1, -0.05) is 37.3 Å². The highest BCUT2D eigenvalue weighted by atomic mass is 16.2. The highest BCUT2D eigenvalue weighted by Gasteiger charge is 2.39. The standard InChI is InChI=1S/C17H24N2O/c1-13-11-16(13)17(20)18-15-7-9-19(10-8-15)12-14-5-3-2-4-6-14/h2-6,13,15-16H,7-12H2,1H3,(H,18,20). The summed E-state index contributed by atoms with van der Waals surface area (Å²) >= 11 is 0. The molecule has 0 bridgehead atoms. The largest absolute Gasteiger partial charge is 0.353 e. The predicted molar refractivity (Wildman–Crippen MR) is 80.2 cm³/mol. The highest BCUT2D eigenvalue weighted by Crippen LogP contribution is 2.37. The molecule has 1 aliphatic heterocycles. The molecule has 3 rings (SSSR count). The third kappa shape index (κ3) is 3.40. The molecular formula is C17H24N2O. The molecule has 0 aromatic heterocycles. The van der Waals surface area contributed by atoms with Gasteiger partial charge in [0, 0.05) is 31.6 Å². The lowest BCUT2D eigenvalue weighted by atomic mass is 10.0. The maximum atomic E-state index is 11.9. The molecule has 0 radical (unpaired) electrons. The Kier molecular flexibility index (Phi) is 4.06. The predicted octanol–water partition coefficient (Wildman–Crippen LogP) is 2.42. The fourth-order valence-corrected chi connectivity index (χ4v) is 3.07. The molecule has 1 amide bonds. The molecule has 1 heterocycles. The number of hydrogen-bond acceptors (Lipinski definition) is 2. The number of rotatable bonds is 4. The summed E-state index contributed by atoms with van der Waals surface area (Å²) in [4.78, 5) is 14.4. The lowest BCUT2D eigenvalue weighted by molar-refractivity contribution is -0.123. The quantitative estimate of drug-likeness (QED) is 0.913. The second kappa shape index (κ2) is 5.96. The van der Waals surface area contributed by atoms with E-state index >= 15 is 0 Å². The molecule has 2 unspecified atom stereocenters. The molecule has 108 valence electrons. The Morgan fingerprint density at radius 1 is 1.25 bits per heavy atom. The van der Waals surface area contributed by atoms with E-state index in [1.165, 1.54) is 5.56 Å². The maximum Gasteiger partial charge on any atom is 0.223 e. The average Bonchev–Trinajstić information content (AvgIpc) is 3.19. The zero-order chi connectivity index (χ0) is 13.9. The van der Waals surface area contributed by atoms with Gasteiger partial charge in [0.15, 0.2) is 0 Å². The van der Waals surface area contributed by atoms with Gasteiger partial charge in [0.1, 0.15) is 0 Å². The molecule has 1 N–H and O–H groups in total. The Morgan fingerprint density at radius 3 is 2.50 bits per heavy atom. The molecule has 20 heavy (non-hydrogen) atoms. The van der Waals surface area contributed by atoms with Crippen LogP contribution in [0.3, 0.4) is 0 Å². The Bertz CT molecular complexity index is 451. The van der Waals surface area contributed by atoms with Gasteiger partial charge < -0.3 is 5.32 Å². The molecule has 2 aliphatic rings. The Hall–Kier alpha value is -1.35. The molecular weight excluding hydrogens is 248 g/mol. The van der Waals surface area contributed by atoms with Crippen LogP contribution < -0.4 is 5.32 Å². The third-order valence-electron chi connectivity index (χ3n) is 4.63. The molecule has 3 heteroatoms. The molecule has 1 saturated carbocycles. The summed E-state index contributed by atoms with van der Waals surface area (Å²) in [7, 11) is 0. The molecule has 2 fully saturated rings. The fraction of sp³-hybridized carbons (Fsp3) is 0.588. The summed E-state index contributed by atoms with van der Waals surface area (Å²) in [5.41, 5.74) is 1.38. The minimum Gasteiger partial charge on any atom is -0.353 e. The minimum absolute atomic E-state index is 0.291. The normalized spacial score (nSPS) is 27.2. The smallest absolute Gasteiger partial charge is 0.223 e. The molecule has 2 atom stereocenters. The SMILES string of the molecule is CC1CC1C(=O)NC1CCN(Cc2ccccc2)CC1. The van der Waals surface area contributed by atoms with E-state index in [9.17, 15) is 4.79 Å². The zero-order valence-corrected chi connectivity index (χ0v) is 12.2. The first-order valence-electron chi connectivity index (χ1n) is 7.79. The van der Waals surface area contributed by atoms with Crippen molar-refractivity contribution in [2.75, 3.05) is 13.1 Å². The third-order valence-corrected chi connectivity index (χ3v) is 4.63. The fourth-order valence-electron chi connectivity index (χ4n) is 3.07. The van der Waals surface area contributed by atoms with Crippen molar-refractivity contribution in [3.05, 3.63) is 35.9 Å². The van der Waals surface area contributed by atoms with Gasteiger partial charge in [-0.3, -0.25) is 9.69 Å². The summed E-state index contributed by atoms with van der Waals surface area (Å²) < 4.78 is 0. The van der Waals surface area contributed by atoms with Gasteiger partial charge in [-0.15, -0.1) is 0 Å². The van der Waals surface area contributed by atoms with Crippen molar-refractivity contribution < 1.29 is 4.79 Å². The van der Waals surface area contributed by atoms with E-state index in [1.54, 1.807) is 0 Å². The van der Waals surface area contributed by atoms with Gasteiger partial charge >= 0.3 is 0 Å². The topological polar surface area (TPSA) is 32.3 Å². The van der Waals surface area contributed by atoms with Crippen LogP contribution in [0, 0.1) is 11.8 Å². The van der Waals surface area contributed by atoms with E-state index in [4.69, 9.17) is 0 Å². The van der Waals surface area contributed by atoms with Gasteiger partial charge in [-0.25, -0.2) is 0 Å². The van der Waals surface area contributed by atoms with Crippen LogP contribution >= 0.6 is 0 Å². The van der Waals surface area contributed by atoms with Gasteiger partial charge in [-0.05, 0) is 30.7 Å². The molecule has 1 aromatic carbocycles. The lowest BCUT2D eigenvalue weighted by Crippen LogP contribution is -2.44. The Morgan fingerprint density at radius 2 is 1.90 bits per heavy atom. The summed E-state index contributed by atoms with van der Waals surface area (Å²) in [6, 6.07) is 11.0.